The summed E-state index contributed by atoms with van der Waals surface area (Å²) in [4.78, 5) is 6.52. The summed E-state index contributed by atoms with van der Waals surface area (Å²) in [5, 5.41) is 0.746. The molecule has 1 aromatic rings. The second kappa shape index (κ2) is 5.62. The van der Waals surface area contributed by atoms with Gasteiger partial charge in [0.25, 0.3) is 0 Å². The Morgan fingerprint density at radius 3 is 3.19 bits per heavy atom. The van der Waals surface area contributed by atoms with E-state index < -0.39 is 0 Å². The summed E-state index contributed by atoms with van der Waals surface area (Å²) in [5.74, 6) is 0. The van der Waals surface area contributed by atoms with Gasteiger partial charge in [-0.25, -0.2) is 0 Å². The number of pyridine rings is 1. The molecule has 0 aliphatic carbocycles. The minimum Gasteiger partial charge on any atom is -0.377 e. The first kappa shape index (κ1) is 11.8. The van der Waals surface area contributed by atoms with Crippen LogP contribution in [0, 0.1) is 0 Å². The number of halogens is 1. The molecule has 0 saturated carbocycles. The highest BCUT2D eigenvalue weighted by molar-refractivity contribution is 6.30. The molecule has 88 valence electrons. The fourth-order valence-electron chi connectivity index (χ4n) is 2.01. The van der Waals surface area contributed by atoms with Crippen LogP contribution in [-0.4, -0.2) is 36.2 Å². The van der Waals surface area contributed by atoms with E-state index in [0.717, 1.165) is 30.4 Å². The zero-order valence-corrected chi connectivity index (χ0v) is 10.3. The molecule has 4 heteroatoms. The van der Waals surface area contributed by atoms with Crippen molar-refractivity contribution in [2.45, 2.75) is 25.5 Å². The van der Waals surface area contributed by atoms with E-state index in [0.29, 0.717) is 6.10 Å². The summed E-state index contributed by atoms with van der Waals surface area (Å²) in [5.41, 5.74) is 1.01. The highest BCUT2D eigenvalue weighted by Gasteiger charge is 2.17. The van der Waals surface area contributed by atoms with Crippen LogP contribution in [0.5, 0.6) is 0 Å². The van der Waals surface area contributed by atoms with E-state index in [2.05, 4.69) is 16.9 Å². The van der Waals surface area contributed by atoms with Crippen molar-refractivity contribution in [3.63, 3.8) is 0 Å². The van der Waals surface area contributed by atoms with Gasteiger partial charge in [0.1, 0.15) is 0 Å². The molecule has 1 aliphatic rings. The summed E-state index contributed by atoms with van der Waals surface area (Å²) >= 11 is 5.92. The SMILES string of the molecule is CN(Cc1cc(Cl)ccn1)CC1CCCO1. The fourth-order valence-corrected chi connectivity index (χ4v) is 2.19. The predicted molar refractivity (Wildman–Crippen MR) is 64.6 cm³/mol. The third kappa shape index (κ3) is 3.44. The Morgan fingerprint density at radius 2 is 2.50 bits per heavy atom. The largest absolute Gasteiger partial charge is 0.377 e. The number of hydrogen-bond acceptors (Lipinski definition) is 3. The normalized spacial score (nSPS) is 20.6. The zero-order chi connectivity index (χ0) is 11.4. The maximum atomic E-state index is 5.92. The summed E-state index contributed by atoms with van der Waals surface area (Å²) < 4.78 is 5.60. The number of hydrogen-bond donors (Lipinski definition) is 0. The van der Waals surface area contributed by atoms with Gasteiger partial charge in [-0.05, 0) is 32.0 Å². The first-order valence-corrected chi connectivity index (χ1v) is 6.02. The highest BCUT2D eigenvalue weighted by Crippen LogP contribution is 2.14. The molecule has 0 radical (unpaired) electrons. The monoisotopic (exact) mass is 240 g/mol. The molecule has 16 heavy (non-hydrogen) atoms. The average molecular weight is 241 g/mol. The average Bonchev–Trinajstić information content (AvgIpc) is 2.70. The van der Waals surface area contributed by atoms with Gasteiger partial charge in [-0.15, -0.1) is 0 Å². The molecule has 1 atom stereocenters. The van der Waals surface area contributed by atoms with Gasteiger partial charge in [0.2, 0.25) is 0 Å². The first-order valence-electron chi connectivity index (χ1n) is 5.64. The molecule has 0 amide bonds. The van der Waals surface area contributed by atoms with Gasteiger partial charge in [-0.2, -0.15) is 0 Å². The predicted octanol–water partition coefficient (Wildman–Crippen LogP) is 2.35. The maximum absolute atomic E-state index is 5.92. The molecule has 0 N–H and O–H groups in total. The molecule has 0 spiro atoms. The molecule has 0 aromatic carbocycles. The van der Waals surface area contributed by atoms with Crippen LogP contribution >= 0.6 is 11.6 Å². The number of nitrogens with zero attached hydrogens (tertiary/aromatic N) is 2. The molecule has 2 rings (SSSR count). The van der Waals surface area contributed by atoms with Gasteiger partial charge in [0.05, 0.1) is 11.8 Å². The lowest BCUT2D eigenvalue weighted by Crippen LogP contribution is -2.28. The van der Waals surface area contributed by atoms with Gasteiger partial charge in [0.15, 0.2) is 0 Å². The van der Waals surface area contributed by atoms with E-state index in [1.54, 1.807) is 12.3 Å². The van der Waals surface area contributed by atoms with Crippen molar-refractivity contribution >= 4 is 11.6 Å². The zero-order valence-electron chi connectivity index (χ0n) is 9.53. The smallest absolute Gasteiger partial charge is 0.0702 e. The number of likely N-dealkylation sites (N-methyl/N-ethyl adjacent to an activating group) is 1. The third-order valence-corrected chi connectivity index (χ3v) is 2.98. The summed E-state index contributed by atoms with van der Waals surface area (Å²) in [6, 6.07) is 3.71. The van der Waals surface area contributed by atoms with E-state index in [1.165, 1.54) is 12.8 Å². The van der Waals surface area contributed by atoms with Crippen LogP contribution in [0.15, 0.2) is 18.3 Å². The van der Waals surface area contributed by atoms with Crippen LogP contribution in [0.25, 0.3) is 0 Å². The molecular weight excluding hydrogens is 224 g/mol. The van der Waals surface area contributed by atoms with Crippen molar-refractivity contribution < 1.29 is 4.74 Å². The van der Waals surface area contributed by atoms with Gasteiger partial charge < -0.3 is 4.74 Å². The highest BCUT2D eigenvalue weighted by atomic mass is 35.5. The Hall–Kier alpha value is -0.640. The lowest BCUT2D eigenvalue weighted by atomic mass is 10.2. The lowest BCUT2D eigenvalue weighted by molar-refractivity contribution is 0.0790. The summed E-state index contributed by atoms with van der Waals surface area (Å²) in [6.07, 6.45) is 4.50. The molecule has 1 unspecified atom stereocenters. The Bertz CT molecular complexity index is 340. The standard InChI is InChI=1S/C12H17ClN2O/c1-15(9-12-3-2-6-16-12)8-11-7-10(13)4-5-14-11/h4-5,7,12H,2-3,6,8-9H2,1H3. The molecule has 1 aliphatic heterocycles. The van der Waals surface area contributed by atoms with Gasteiger partial charge >= 0.3 is 0 Å². The third-order valence-electron chi connectivity index (χ3n) is 2.75. The van der Waals surface area contributed by atoms with Gasteiger partial charge in [-0.1, -0.05) is 11.6 Å². The Kier molecular flexibility index (Phi) is 4.16. The van der Waals surface area contributed by atoms with Crippen LogP contribution in [0.4, 0.5) is 0 Å². The van der Waals surface area contributed by atoms with Crippen molar-refractivity contribution in [3.05, 3.63) is 29.0 Å². The van der Waals surface area contributed by atoms with Crippen LogP contribution < -0.4 is 0 Å². The Labute approximate surface area is 101 Å². The molecule has 1 fully saturated rings. The summed E-state index contributed by atoms with van der Waals surface area (Å²) in [7, 11) is 2.09. The van der Waals surface area contributed by atoms with Crippen molar-refractivity contribution in [2.24, 2.45) is 0 Å². The Balaban J connectivity index is 1.84. The molecule has 0 bridgehead atoms. The number of rotatable bonds is 4. The number of ether oxygens (including phenoxy) is 1. The quantitative estimate of drug-likeness (QED) is 0.808. The summed E-state index contributed by atoms with van der Waals surface area (Å²) in [6.45, 7) is 2.70. The van der Waals surface area contributed by atoms with Crippen LogP contribution in [0.2, 0.25) is 5.02 Å². The molecule has 3 nitrogen and oxygen atoms in total. The second-order valence-electron chi connectivity index (χ2n) is 4.30. The van der Waals surface area contributed by atoms with Gasteiger partial charge in [0, 0.05) is 30.9 Å². The van der Waals surface area contributed by atoms with Crippen LogP contribution in [-0.2, 0) is 11.3 Å². The first-order chi connectivity index (χ1) is 7.74. The minimum atomic E-state index is 0.393. The fraction of sp³-hybridized carbons (Fsp3) is 0.583. The van der Waals surface area contributed by atoms with Crippen molar-refractivity contribution in [1.82, 2.24) is 9.88 Å². The molecular formula is C12H17ClN2O. The topological polar surface area (TPSA) is 25.4 Å². The van der Waals surface area contributed by atoms with Crippen molar-refractivity contribution in [3.8, 4) is 0 Å². The lowest BCUT2D eigenvalue weighted by Gasteiger charge is -2.19. The maximum Gasteiger partial charge on any atom is 0.0702 e. The van der Waals surface area contributed by atoms with E-state index in [1.807, 2.05) is 6.07 Å². The second-order valence-corrected chi connectivity index (χ2v) is 4.73. The van der Waals surface area contributed by atoms with Crippen molar-refractivity contribution in [2.75, 3.05) is 20.2 Å². The van der Waals surface area contributed by atoms with E-state index >= 15 is 0 Å². The molecule has 1 saturated heterocycles. The van der Waals surface area contributed by atoms with Crippen molar-refractivity contribution in [1.29, 1.82) is 0 Å². The van der Waals surface area contributed by atoms with Crippen LogP contribution in [0.1, 0.15) is 18.5 Å². The van der Waals surface area contributed by atoms with E-state index in [-0.39, 0.29) is 0 Å². The molecule has 2 heterocycles. The molecule has 1 aromatic heterocycles. The number of aromatic nitrogens is 1. The van der Waals surface area contributed by atoms with E-state index in [9.17, 15) is 0 Å². The van der Waals surface area contributed by atoms with E-state index in [4.69, 9.17) is 16.3 Å². The minimum absolute atomic E-state index is 0.393. The van der Waals surface area contributed by atoms with Gasteiger partial charge in [-0.3, -0.25) is 9.88 Å². The van der Waals surface area contributed by atoms with Crippen LogP contribution in [0.3, 0.4) is 0 Å². The Morgan fingerprint density at radius 1 is 1.62 bits per heavy atom.